The van der Waals surface area contributed by atoms with Crippen molar-refractivity contribution < 1.29 is 4.79 Å². The van der Waals surface area contributed by atoms with E-state index >= 15 is 0 Å². The Balaban J connectivity index is 1.92. The first kappa shape index (κ1) is 12.6. The van der Waals surface area contributed by atoms with Crippen LogP contribution in [0.25, 0.3) is 0 Å². The molecule has 0 spiro atoms. The molecule has 0 aromatic heterocycles. The van der Waals surface area contributed by atoms with Crippen LogP contribution in [-0.4, -0.2) is 11.4 Å². The van der Waals surface area contributed by atoms with Crippen molar-refractivity contribution in [2.75, 3.05) is 0 Å². The Morgan fingerprint density at radius 2 is 2.00 bits per heavy atom. The van der Waals surface area contributed by atoms with Crippen LogP contribution in [0.3, 0.4) is 0 Å². The van der Waals surface area contributed by atoms with E-state index in [9.17, 15) is 4.79 Å². The zero-order valence-electron chi connectivity index (χ0n) is 10.9. The van der Waals surface area contributed by atoms with Crippen LogP contribution in [0.1, 0.15) is 37.8 Å². The average Bonchev–Trinajstić information content (AvgIpc) is 3.13. The zero-order chi connectivity index (χ0) is 13.2. The van der Waals surface area contributed by atoms with Gasteiger partial charge in [0.05, 0.1) is 18.1 Å². The lowest BCUT2D eigenvalue weighted by Crippen LogP contribution is -2.45. The molecular formula is C15H18N2O. The molecule has 1 N–H and O–H groups in total. The van der Waals surface area contributed by atoms with Gasteiger partial charge in [-0.1, -0.05) is 12.1 Å². The van der Waals surface area contributed by atoms with Crippen LogP contribution in [0.15, 0.2) is 24.3 Å². The summed E-state index contributed by atoms with van der Waals surface area (Å²) >= 11 is 0. The van der Waals surface area contributed by atoms with Gasteiger partial charge in [0.2, 0.25) is 5.91 Å². The minimum Gasteiger partial charge on any atom is -0.351 e. The van der Waals surface area contributed by atoms with Crippen LogP contribution in [-0.2, 0) is 11.2 Å². The Hall–Kier alpha value is -1.82. The molecule has 0 atom stereocenters. The van der Waals surface area contributed by atoms with Crippen molar-refractivity contribution in [1.82, 2.24) is 5.32 Å². The van der Waals surface area contributed by atoms with Gasteiger partial charge in [-0.25, -0.2) is 0 Å². The van der Waals surface area contributed by atoms with Crippen molar-refractivity contribution in [3.05, 3.63) is 35.4 Å². The van der Waals surface area contributed by atoms with Gasteiger partial charge in [-0.2, -0.15) is 5.26 Å². The second-order valence-corrected chi connectivity index (χ2v) is 5.53. The summed E-state index contributed by atoms with van der Waals surface area (Å²) in [5, 5.41) is 11.8. The van der Waals surface area contributed by atoms with E-state index in [1.54, 1.807) is 12.1 Å². The van der Waals surface area contributed by atoms with E-state index in [-0.39, 0.29) is 11.4 Å². The summed E-state index contributed by atoms with van der Waals surface area (Å²) in [6, 6.07) is 9.23. The zero-order valence-corrected chi connectivity index (χ0v) is 10.9. The molecule has 1 aliphatic carbocycles. The highest BCUT2D eigenvalue weighted by Crippen LogP contribution is 2.39. The van der Waals surface area contributed by atoms with E-state index in [1.165, 1.54) is 12.8 Å². The van der Waals surface area contributed by atoms with E-state index < -0.39 is 0 Å². The molecule has 3 heteroatoms. The summed E-state index contributed by atoms with van der Waals surface area (Å²) < 4.78 is 0. The quantitative estimate of drug-likeness (QED) is 0.881. The highest BCUT2D eigenvalue weighted by molar-refractivity contribution is 5.79. The molecular weight excluding hydrogens is 224 g/mol. The molecule has 0 saturated heterocycles. The van der Waals surface area contributed by atoms with E-state index in [2.05, 4.69) is 25.2 Å². The van der Waals surface area contributed by atoms with E-state index in [1.807, 2.05) is 12.1 Å². The number of nitriles is 1. The predicted octanol–water partition coefficient (Wildman–Crippen LogP) is 2.41. The van der Waals surface area contributed by atoms with E-state index in [0.29, 0.717) is 17.9 Å². The lowest BCUT2D eigenvalue weighted by atomic mass is 9.98. The second-order valence-electron chi connectivity index (χ2n) is 5.53. The van der Waals surface area contributed by atoms with E-state index in [0.717, 1.165) is 5.56 Å². The highest BCUT2D eigenvalue weighted by Gasteiger charge is 2.38. The Morgan fingerprint density at radius 3 is 2.50 bits per heavy atom. The Bertz CT molecular complexity index is 478. The van der Waals surface area contributed by atoms with Gasteiger partial charge < -0.3 is 5.32 Å². The molecule has 0 heterocycles. The number of nitrogens with zero attached hydrogens (tertiary/aromatic N) is 1. The van der Waals surface area contributed by atoms with Gasteiger partial charge in [0, 0.05) is 5.54 Å². The second kappa shape index (κ2) is 4.81. The molecule has 0 aliphatic heterocycles. The molecule has 1 aromatic carbocycles. The smallest absolute Gasteiger partial charge is 0.224 e. The molecule has 94 valence electrons. The monoisotopic (exact) mass is 242 g/mol. The molecule has 1 aromatic rings. The fourth-order valence-electron chi connectivity index (χ4n) is 2.19. The summed E-state index contributed by atoms with van der Waals surface area (Å²) in [6.45, 7) is 4.17. The number of rotatable bonds is 4. The van der Waals surface area contributed by atoms with Crippen LogP contribution in [0, 0.1) is 17.2 Å². The molecule has 2 rings (SSSR count). The molecule has 1 aliphatic rings. The minimum atomic E-state index is -0.0936. The SMILES string of the molecule is CC(C)(NC(=O)Cc1ccc(C#N)cc1)C1CC1. The van der Waals surface area contributed by atoms with Gasteiger partial charge in [0.15, 0.2) is 0 Å². The van der Waals surface area contributed by atoms with Gasteiger partial charge in [-0.05, 0) is 50.3 Å². The Kier molecular flexibility index (Phi) is 3.38. The van der Waals surface area contributed by atoms with Crippen LogP contribution in [0.2, 0.25) is 0 Å². The molecule has 0 radical (unpaired) electrons. The third-order valence-electron chi connectivity index (χ3n) is 3.51. The minimum absolute atomic E-state index is 0.0524. The maximum Gasteiger partial charge on any atom is 0.224 e. The molecule has 3 nitrogen and oxygen atoms in total. The van der Waals surface area contributed by atoms with Crippen LogP contribution >= 0.6 is 0 Å². The molecule has 0 bridgehead atoms. The Morgan fingerprint density at radius 1 is 1.39 bits per heavy atom. The number of hydrogen-bond donors (Lipinski definition) is 1. The topological polar surface area (TPSA) is 52.9 Å². The number of amides is 1. The number of benzene rings is 1. The predicted molar refractivity (Wildman–Crippen MR) is 69.8 cm³/mol. The summed E-state index contributed by atoms with van der Waals surface area (Å²) in [6.07, 6.45) is 2.80. The lowest BCUT2D eigenvalue weighted by molar-refractivity contribution is -0.122. The summed E-state index contributed by atoms with van der Waals surface area (Å²) in [5.41, 5.74) is 1.47. The van der Waals surface area contributed by atoms with Crippen molar-refractivity contribution in [3.63, 3.8) is 0 Å². The molecule has 1 fully saturated rings. The average molecular weight is 242 g/mol. The summed E-state index contributed by atoms with van der Waals surface area (Å²) in [4.78, 5) is 11.9. The molecule has 1 saturated carbocycles. The summed E-state index contributed by atoms with van der Waals surface area (Å²) in [5.74, 6) is 0.680. The standard InChI is InChI=1S/C15H18N2O/c1-15(2,13-7-8-13)17-14(18)9-11-3-5-12(10-16)6-4-11/h3-6,13H,7-9H2,1-2H3,(H,17,18). The maximum atomic E-state index is 11.9. The van der Waals surface area contributed by atoms with Crippen molar-refractivity contribution in [2.24, 2.45) is 5.92 Å². The van der Waals surface area contributed by atoms with E-state index in [4.69, 9.17) is 5.26 Å². The molecule has 0 unspecified atom stereocenters. The van der Waals surface area contributed by atoms with Gasteiger partial charge in [0.1, 0.15) is 0 Å². The van der Waals surface area contributed by atoms with Crippen molar-refractivity contribution >= 4 is 5.91 Å². The van der Waals surface area contributed by atoms with Crippen molar-refractivity contribution in [2.45, 2.75) is 38.6 Å². The van der Waals surface area contributed by atoms with Crippen LogP contribution in [0.4, 0.5) is 0 Å². The highest BCUT2D eigenvalue weighted by atomic mass is 16.1. The third kappa shape index (κ3) is 3.10. The molecule has 18 heavy (non-hydrogen) atoms. The third-order valence-corrected chi connectivity index (χ3v) is 3.51. The first-order valence-electron chi connectivity index (χ1n) is 6.31. The number of carbonyl (C=O) groups is 1. The maximum absolute atomic E-state index is 11.9. The summed E-state index contributed by atoms with van der Waals surface area (Å²) in [7, 11) is 0. The number of hydrogen-bond acceptors (Lipinski definition) is 2. The first-order chi connectivity index (χ1) is 8.51. The molecule has 1 amide bonds. The number of carbonyl (C=O) groups excluding carboxylic acids is 1. The largest absolute Gasteiger partial charge is 0.351 e. The fraction of sp³-hybridized carbons (Fsp3) is 0.467. The number of nitrogens with one attached hydrogen (secondary N) is 1. The van der Waals surface area contributed by atoms with Crippen LogP contribution in [0.5, 0.6) is 0 Å². The van der Waals surface area contributed by atoms with Gasteiger partial charge >= 0.3 is 0 Å². The normalized spacial score (nSPS) is 14.9. The van der Waals surface area contributed by atoms with Crippen molar-refractivity contribution in [1.29, 1.82) is 5.26 Å². The van der Waals surface area contributed by atoms with Gasteiger partial charge in [-0.3, -0.25) is 4.79 Å². The van der Waals surface area contributed by atoms with Gasteiger partial charge in [-0.15, -0.1) is 0 Å². The van der Waals surface area contributed by atoms with Crippen molar-refractivity contribution in [3.8, 4) is 6.07 Å². The Labute approximate surface area is 108 Å². The lowest BCUT2D eigenvalue weighted by Gasteiger charge is -2.26. The van der Waals surface area contributed by atoms with Gasteiger partial charge in [0.25, 0.3) is 0 Å². The fourth-order valence-corrected chi connectivity index (χ4v) is 2.19. The van der Waals surface area contributed by atoms with Crippen LogP contribution < -0.4 is 5.32 Å². The first-order valence-corrected chi connectivity index (χ1v) is 6.31.